The van der Waals surface area contributed by atoms with Gasteiger partial charge in [-0.25, -0.2) is 4.39 Å². The van der Waals surface area contributed by atoms with Gasteiger partial charge in [-0.3, -0.25) is 9.69 Å². The number of halogens is 2. The van der Waals surface area contributed by atoms with Gasteiger partial charge in [0.2, 0.25) is 5.75 Å². The van der Waals surface area contributed by atoms with E-state index in [1.54, 1.807) is 26.4 Å². The van der Waals surface area contributed by atoms with Gasteiger partial charge in [0, 0.05) is 49.0 Å². The fraction of sp³-hybridized carbons (Fsp3) is 0.458. The van der Waals surface area contributed by atoms with Gasteiger partial charge in [-0.15, -0.1) is 0 Å². The zero-order valence-electron chi connectivity index (χ0n) is 18.3. The minimum Gasteiger partial charge on any atom is -0.493 e. The predicted molar refractivity (Wildman–Crippen MR) is 119 cm³/mol. The number of hydrogen-bond acceptors (Lipinski definition) is 6. The first-order chi connectivity index (χ1) is 15.5. The number of carbonyl (C=O) groups excluding carboxylic acids is 1. The Labute approximate surface area is 192 Å². The van der Waals surface area contributed by atoms with Crippen molar-refractivity contribution in [2.45, 2.75) is 18.8 Å². The predicted octanol–water partition coefficient (Wildman–Crippen LogP) is 3.85. The molecular formula is C24H27ClFNO5. The van der Waals surface area contributed by atoms with Gasteiger partial charge < -0.3 is 18.9 Å². The molecule has 2 aliphatic rings. The van der Waals surface area contributed by atoms with Gasteiger partial charge in [-0.2, -0.15) is 0 Å². The van der Waals surface area contributed by atoms with Crippen LogP contribution in [0.2, 0.25) is 5.02 Å². The van der Waals surface area contributed by atoms with Crippen LogP contribution in [0.5, 0.6) is 17.2 Å². The molecule has 2 aromatic carbocycles. The largest absolute Gasteiger partial charge is 0.493 e. The number of morpholine rings is 1. The summed E-state index contributed by atoms with van der Waals surface area (Å²) < 4.78 is 37.7. The third-order valence-electron chi connectivity index (χ3n) is 6.01. The number of Topliss-reactive ketones (excluding diaryl/α,β-unsaturated/α-hetero) is 1. The topological polar surface area (TPSA) is 57.2 Å². The van der Waals surface area contributed by atoms with E-state index in [0.717, 1.165) is 30.8 Å². The van der Waals surface area contributed by atoms with Crippen LogP contribution in [0.3, 0.4) is 0 Å². The molecule has 0 amide bonds. The zero-order valence-corrected chi connectivity index (χ0v) is 19.0. The highest BCUT2D eigenvalue weighted by molar-refractivity contribution is 6.30. The van der Waals surface area contributed by atoms with Crippen molar-refractivity contribution in [1.82, 2.24) is 4.90 Å². The molecule has 4 rings (SSSR count). The van der Waals surface area contributed by atoms with E-state index in [1.165, 1.54) is 12.1 Å². The number of methoxy groups -OCH3 is 2. The van der Waals surface area contributed by atoms with Crippen molar-refractivity contribution in [3.8, 4) is 17.2 Å². The van der Waals surface area contributed by atoms with E-state index in [0.29, 0.717) is 47.7 Å². The van der Waals surface area contributed by atoms with Gasteiger partial charge in [0.15, 0.2) is 11.5 Å². The Morgan fingerprint density at radius 1 is 1.16 bits per heavy atom. The summed E-state index contributed by atoms with van der Waals surface area (Å²) in [6.07, 6.45) is 0.398. The molecule has 0 N–H and O–H groups in total. The van der Waals surface area contributed by atoms with Crippen LogP contribution in [0.25, 0.3) is 0 Å². The number of hydrogen-bond donors (Lipinski definition) is 0. The van der Waals surface area contributed by atoms with Gasteiger partial charge in [0.1, 0.15) is 18.2 Å². The molecule has 172 valence electrons. The van der Waals surface area contributed by atoms with Gasteiger partial charge in [-0.1, -0.05) is 11.6 Å². The molecule has 1 fully saturated rings. The number of ether oxygens (including phenoxy) is 4. The van der Waals surface area contributed by atoms with E-state index in [9.17, 15) is 9.18 Å². The number of benzene rings is 2. The summed E-state index contributed by atoms with van der Waals surface area (Å²) in [5, 5.41) is 0.412. The fourth-order valence-corrected chi connectivity index (χ4v) is 4.64. The molecule has 0 saturated carbocycles. The summed E-state index contributed by atoms with van der Waals surface area (Å²) in [5.74, 6) is 0.511. The van der Waals surface area contributed by atoms with Gasteiger partial charge in [-0.05, 0) is 35.4 Å². The van der Waals surface area contributed by atoms with Crippen molar-refractivity contribution in [2.24, 2.45) is 0 Å². The maximum Gasteiger partial charge on any atom is 0.203 e. The van der Waals surface area contributed by atoms with Crippen molar-refractivity contribution >= 4 is 17.4 Å². The van der Waals surface area contributed by atoms with Crippen LogP contribution in [0.4, 0.5) is 4.39 Å². The summed E-state index contributed by atoms with van der Waals surface area (Å²) >= 11 is 6.15. The first-order valence-corrected chi connectivity index (χ1v) is 11.1. The van der Waals surface area contributed by atoms with Gasteiger partial charge >= 0.3 is 0 Å². The minimum absolute atomic E-state index is 0.0203. The third kappa shape index (κ3) is 4.70. The van der Waals surface area contributed by atoms with E-state index >= 15 is 0 Å². The second kappa shape index (κ2) is 10.1. The second-order valence-electron chi connectivity index (χ2n) is 7.95. The summed E-state index contributed by atoms with van der Waals surface area (Å²) in [7, 11) is 3.10. The molecule has 0 radical (unpaired) electrons. The molecule has 32 heavy (non-hydrogen) atoms. The van der Waals surface area contributed by atoms with Crippen molar-refractivity contribution in [3.05, 3.63) is 51.8 Å². The molecular weight excluding hydrogens is 437 g/mol. The maximum atomic E-state index is 14.8. The Morgan fingerprint density at radius 3 is 2.66 bits per heavy atom. The Hall–Kier alpha value is -2.35. The van der Waals surface area contributed by atoms with E-state index in [1.807, 2.05) is 0 Å². The molecule has 0 bridgehead atoms. The Morgan fingerprint density at radius 2 is 1.94 bits per heavy atom. The summed E-state index contributed by atoms with van der Waals surface area (Å²) in [6, 6.07) is 6.20. The van der Waals surface area contributed by atoms with E-state index in [4.69, 9.17) is 30.5 Å². The SMILES string of the molecule is COc1cc2c(c(OC)c1OCCN1CCOCC1)C(c1cc(Cl)ccc1F)CC(=O)C2. The number of carbonyl (C=O) groups is 1. The highest BCUT2D eigenvalue weighted by Crippen LogP contribution is 2.50. The summed E-state index contributed by atoms with van der Waals surface area (Å²) in [6.45, 7) is 4.32. The number of fused-ring (bicyclic) bond motifs is 1. The Kier molecular flexibility index (Phi) is 7.18. The highest BCUT2D eigenvalue weighted by Gasteiger charge is 2.35. The zero-order chi connectivity index (χ0) is 22.7. The summed E-state index contributed by atoms with van der Waals surface area (Å²) in [5.41, 5.74) is 1.87. The average molecular weight is 464 g/mol. The van der Waals surface area contributed by atoms with Crippen LogP contribution < -0.4 is 14.2 Å². The Bertz CT molecular complexity index is 993. The maximum absolute atomic E-state index is 14.8. The van der Waals surface area contributed by atoms with Crippen LogP contribution in [-0.4, -0.2) is 64.4 Å². The molecule has 1 aliphatic heterocycles. The number of nitrogens with zero attached hydrogens (tertiary/aromatic N) is 1. The molecule has 1 saturated heterocycles. The molecule has 2 aromatic rings. The van der Waals surface area contributed by atoms with Gasteiger partial charge in [0.05, 0.1) is 27.4 Å². The molecule has 1 atom stereocenters. The first kappa shape index (κ1) is 22.8. The highest BCUT2D eigenvalue weighted by atomic mass is 35.5. The summed E-state index contributed by atoms with van der Waals surface area (Å²) in [4.78, 5) is 14.8. The molecule has 1 heterocycles. The van der Waals surface area contributed by atoms with Crippen molar-refractivity contribution < 1.29 is 28.1 Å². The van der Waals surface area contributed by atoms with Crippen LogP contribution in [-0.2, 0) is 16.0 Å². The Balaban J connectivity index is 1.72. The molecule has 6 nitrogen and oxygen atoms in total. The van der Waals surface area contributed by atoms with Crippen molar-refractivity contribution in [3.63, 3.8) is 0 Å². The monoisotopic (exact) mass is 463 g/mol. The van der Waals surface area contributed by atoms with Crippen LogP contribution in [0.15, 0.2) is 24.3 Å². The molecule has 1 aliphatic carbocycles. The molecule has 0 aromatic heterocycles. The van der Waals surface area contributed by atoms with Gasteiger partial charge in [0.25, 0.3) is 0 Å². The molecule has 0 spiro atoms. The lowest BCUT2D eigenvalue weighted by Gasteiger charge is -2.30. The smallest absolute Gasteiger partial charge is 0.203 e. The van der Waals surface area contributed by atoms with Crippen molar-refractivity contribution in [2.75, 3.05) is 53.7 Å². The lowest BCUT2D eigenvalue weighted by molar-refractivity contribution is -0.119. The quantitative estimate of drug-likeness (QED) is 0.621. The molecule has 1 unspecified atom stereocenters. The van der Waals surface area contributed by atoms with Crippen LogP contribution in [0.1, 0.15) is 29.0 Å². The van der Waals surface area contributed by atoms with Crippen LogP contribution >= 0.6 is 11.6 Å². The number of ketones is 1. The lowest BCUT2D eigenvalue weighted by Crippen LogP contribution is -2.38. The standard InChI is InChI=1S/C24H27ClFNO5/c1-29-21-12-15-11-17(28)14-19(18-13-16(25)3-4-20(18)26)22(15)24(30-2)23(21)32-10-7-27-5-8-31-9-6-27/h3-4,12-13,19H,5-11,14H2,1-2H3. The second-order valence-corrected chi connectivity index (χ2v) is 8.39. The van der Waals surface area contributed by atoms with Crippen molar-refractivity contribution in [1.29, 1.82) is 0 Å². The first-order valence-electron chi connectivity index (χ1n) is 10.7. The average Bonchev–Trinajstić information content (AvgIpc) is 2.80. The lowest BCUT2D eigenvalue weighted by atomic mass is 9.77. The van der Waals surface area contributed by atoms with E-state index in [-0.39, 0.29) is 18.6 Å². The number of rotatable bonds is 7. The fourth-order valence-electron chi connectivity index (χ4n) is 4.46. The van der Waals surface area contributed by atoms with E-state index in [2.05, 4.69) is 4.90 Å². The normalized spacial score (nSPS) is 18.9. The van der Waals surface area contributed by atoms with E-state index < -0.39 is 11.7 Å². The molecule has 8 heteroatoms. The van der Waals surface area contributed by atoms with Crippen LogP contribution in [0, 0.1) is 5.82 Å². The minimum atomic E-state index is -0.521. The third-order valence-corrected chi connectivity index (χ3v) is 6.24.